The van der Waals surface area contributed by atoms with Crippen molar-refractivity contribution >= 4 is 11.8 Å². The smallest absolute Gasteiger partial charge is 0.115 e. The topological polar surface area (TPSA) is 51.8 Å². The lowest BCUT2D eigenvalue weighted by atomic mass is 10.2. The van der Waals surface area contributed by atoms with Crippen LogP contribution >= 0.6 is 11.8 Å². The fourth-order valence-electron chi connectivity index (χ4n) is 1.50. The number of thioether (sulfide) groups is 1. The zero-order valence-corrected chi connectivity index (χ0v) is 10.5. The minimum absolute atomic E-state index is 0.0270. The van der Waals surface area contributed by atoms with E-state index in [9.17, 15) is 0 Å². The summed E-state index contributed by atoms with van der Waals surface area (Å²) in [4.78, 5) is 9.23. The quantitative estimate of drug-likeness (QED) is 0.841. The number of nitrogens with zero attached hydrogens (tertiary/aromatic N) is 2. The largest absolute Gasteiger partial charge is 0.323 e. The lowest BCUT2D eigenvalue weighted by molar-refractivity contribution is 0.814. The van der Waals surface area contributed by atoms with Gasteiger partial charge in [-0.05, 0) is 18.6 Å². The third-order valence-electron chi connectivity index (χ3n) is 2.52. The van der Waals surface area contributed by atoms with E-state index in [0.717, 1.165) is 11.3 Å². The molecule has 0 saturated heterocycles. The van der Waals surface area contributed by atoms with Crippen LogP contribution in [0.4, 0.5) is 0 Å². The average Bonchev–Trinajstić information content (AvgIpc) is 2.38. The number of hydrogen-bond acceptors (Lipinski definition) is 4. The van der Waals surface area contributed by atoms with E-state index in [-0.39, 0.29) is 6.04 Å². The zero-order valence-electron chi connectivity index (χ0n) is 9.71. The van der Waals surface area contributed by atoms with E-state index < -0.39 is 0 Å². The summed E-state index contributed by atoms with van der Waals surface area (Å²) in [5.41, 5.74) is 8.36. The van der Waals surface area contributed by atoms with Crippen molar-refractivity contribution in [1.82, 2.24) is 9.97 Å². The fraction of sp³-hybridized carbons (Fsp3) is 0.231. The van der Waals surface area contributed by atoms with Gasteiger partial charge in [-0.2, -0.15) is 0 Å². The van der Waals surface area contributed by atoms with Crippen molar-refractivity contribution in [2.24, 2.45) is 5.73 Å². The Balaban J connectivity index is 1.97. The average molecular weight is 245 g/mol. The van der Waals surface area contributed by atoms with Gasteiger partial charge in [0.2, 0.25) is 0 Å². The van der Waals surface area contributed by atoms with Gasteiger partial charge in [0.15, 0.2) is 0 Å². The molecule has 1 heterocycles. The van der Waals surface area contributed by atoms with E-state index in [1.54, 1.807) is 24.2 Å². The third kappa shape index (κ3) is 3.28. The van der Waals surface area contributed by atoms with E-state index in [1.165, 1.54) is 16.8 Å². The first kappa shape index (κ1) is 12.1. The summed E-state index contributed by atoms with van der Waals surface area (Å²) in [7, 11) is 0. The molecule has 0 radical (unpaired) electrons. The van der Waals surface area contributed by atoms with Crippen LogP contribution in [0.15, 0.2) is 47.9 Å². The maximum Gasteiger partial charge on any atom is 0.115 e. The Hall–Kier alpha value is -1.39. The summed E-state index contributed by atoms with van der Waals surface area (Å²) in [6.45, 7) is 2.11. The Morgan fingerprint density at radius 1 is 1.24 bits per heavy atom. The van der Waals surface area contributed by atoms with Gasteiger partial charge in [-0.25, -0.2) is 9.97 Å². The maximum absolute atomic E-state index is 6.09. The first-order chi connectivity index (χ1) is 8.27. The van der Waals surface area contributed by atoms with Crippen LogP contribution in [0, 0.1) is 6.92 Å². The van der Waals surface area contributed by atoms with Crippen LogP contribution in [0.3, 0.4) is 0 Å². The Morgan fingerprint density at radius 3 is 2.65 bits per heavy atom. The molecule has 0 aliphatic carbocycles. The number of aryl methyl sites for hydroxylation is 1. The first-order valence-corrected chi connectivity index (χ1v) is 6.45. The second-order valence-electron chi connectivity index (χ2n) is 3.85. The van der Waals surface area contributed by atoms with E-state index >= 15 is 0 Å². The molecule has 3 nitrogen and oxygen atoms in total. The van der Waals surface area contributed by atoms with Crippen LogP contribution in [0.1, 0.15) is 17.2 Å². The van der Waals surface area contributed by atoms with Crippen LogP contribution in [0.2, 0.25) is 0 Å². The number of benzene rings is 1. The number of aromatic nitrogens is 2. The SMILES string of the molecule is Cc1ccccc1SCC(N)c1cncnc1. The summed E-state index contributed by atoms with van der Waals surface area (Å²) in [6, 6.07) is 8.30. The van der Waals surface area contributed by atoms with Crippen LogP contribution in [0.25, 0.3) is 0 Å². The second kappa shape index (κ2) is 5.80. The molecular weight excluding hydrogens is 230 g/mol. The molecule has 0 aliphatic heterocycles. The molecule has 2 aromatic rings. The molecule has 1 aromatic heterocycles. The fourth-order valence-corrected chi connectivity index (χ4v) is 2.52. The molecule has 1 unspecified atom stereocenters. The predicted molar refractivity (Wildman–Crippen MR) is 70.9 cm³/mol. The zero-order chi connectivity index (χ0) is 12.1. The Kier molecular flexibility index (Phi) is 4.12. The highest BCUT2D eigenvalue weighted by atomic mass is 32.2. The molecule has 2 rings (SSSR count). The van der Waals surface area contributed by atoms with Gasteiger partial charge in [0, 0.05) is 34.6 Å². The van der Waals surface area contributed by atoms with Crippen molar-refractivity contribution in [3.63, 3.8) is 0 Å². The van der Waals surface area contributed by atoms with E-state index in [0.29, 0.717) is 0 Å². The minimum atomic E-state index is -0.0270. The molecule has 0 spiro atoms. The number of hydrogen-bond donors (Lipinski definition) is 1. The van der Waals surface area contributed by atoms with Gasteiger partial charge in [-0.1, -0.05) is 18.2 Å². The molecule has 1 aromatic carbocycles. The normalized spacial score (nSPS) is 12.4. The maximum atomic E-state index is 6.09. The highest BCUT2D eigenvalue weighted by Gasteiger charge is 2.07. The lowest BCUT2D eigenvalue weighted by Gasteiger charge is -2.11. The molecule has 0 fully saturated rings. The molecule has 0 saturated carbocycles. The van der Waals surface area contributed by atoms with Crippen LogP contribution in [-0.4, -0.2) is 15.7 Å². The molecule has 0 bridgehead atoms. The van der Waals surface area contributed by atoms with Crippen molar-refractivity contribution < 1.29 is 0 Å². The van der Waals surface area contributed by atoms with Crippen molar-refractivity contribution in [3.05, 3.63) is 54.1 Å². The number of nitrogens with two attached hydrogens (primary N) is 1. The molecule has 1 atom stereocenters. The highest BCUT2D eigenvalue weighted by Crippen LogP contribution is 2.25. The minimum Gasteiger partial charge on any atom is -0.323 e. The summed E-state index contributed by atoms with van der Waals surface area (Å²) >= 11 is 1.77. The van der Waals surface area contributed by atoms with Crippen LogP contribution in [0.5, 0.6) is 0 Å². The van der Waals surface area contributed by atoms with Crippen molar-refractivity contribution in [3.8, 4) is 0 Å². The molecule has 2 N–H and O–H groups in total. The molecule has 88 valence electrons. The summed E-state index contributed by atoms with van der Waals surface area (Å²) < 4.78 is 0. The van der Waals surface area contributed by atoms with Gasteiger partial charge < -0.3 is 5.73 Å². The Morgan fingerprint density at radius 2 is 1.94 bits per heavy atom. The van der Waals surface area contributed by atoms with Crippen molar-refractivity contribution in [1.29, 1.82) is 0 Å². The molecule has 17 heavy (non-hydrogen) atoms. The van der Waals surface area contributed by atoms with Crippen molar-refractivity contribution in [2.75, 3.05) is 5.75 Å². The van der Waals surface area contributed by atoms with Crippen LogP contribution in [-0.2, 0) is 0 Å². The predicted octanol–water partition coefficient (Wildman–Crippen LogP) is 2.58. The lowest BCUT2D eigenvalue weighted by Crippen LogP contribution is -2.13. The second-order valence-corrected chi connectivity index (χ2v) is 4.92. The van der Waals surface area contributed by atoms with Gasteiger partial charge >= 0.3 is 0 Å². The summed E-state index contributed by atoms with van der Waals surface area (Å²) in [6.07, 6.45) is 5.07. The van der Waals surface area contributed by atoms with E-state index in [1.807, 2.05) is 12.1 Å². The first-order valence-electron chi connectivity index (χ1n) is 5.46. The van der Waals surface area contributed by atoms with E-state index in [2.05, 4.69) is 29.0 Å². The molecule has 4 heteroatoms. The Labute approximate surface area is 105 Å². The number of rotatable bonds is 4. The third-order valence-corrected chi connectivity index (χ3v) is 3.82. The van der Waals surface area contributed by atoms with Gasteiger partial charge in [0.25, 0.3) is 0 Å². The van der Waals surface area contributed by atoms with E-state index in [4.69, 9.17) is 5.73 Å². The van der Waals surface area contributed by atoms with Crippen molar-refractivity contribution in [2.45, 2.75) is 17.9 Å². The monoisotopic (exact) mass is 245 g/mol. The molecule has 0 amide bonds. The van der Waals surface area contributed by atoms with Gasteiger partial charge in [-0.3, -0.25) is 0 Å². The van der Waals surface area contributed by atoms with Gasteiger partial charge in [0.05, 0.1) is 0 Å². The summed E-state index contributed by atoms with van der Waals surface area (Å²) in [5.74, 6) is 0.832. The molecule has 0 aliphatic rings. The highest BCUT2D eigenvalue weighted by molar-refractivity contribution is 7.99. The van der Waals surface area contributed by atoms with Gasteiger partial charge in [-0.15, -0.1) is 11.8 Å². The molecular formula is C13H15N3S. The van der Waals surface area contributed by atoms with Crippen LogP contribution < -0.4 is 5.73 Å². The summed E-state index contributed by atoms with van der Waals surface area (Å²) in [5, 5.41) is 0. The standard InChI is InChI=1S/C13H15N3S/c1-10-4-2-3-5-13(10)17-8-12(14)11-6-15-9-16-7-11/h2-7,9,12H,8,14H2,1H3. The Bertz CT molecular complexity index is 473. The van der Waals surface area contributed by atoms with Gasteiger partial charge in [0.1, 0.15) is 6.33 Å².